The Morgan fingerprint density at radius 3 is 1.09 bits per heavy atom. The van der Waals surface area contributed by atoms with Crippen LogP contribution in [0.15, 0.2) is 202 Å². The van der Waals surface area contributed by atoms with Crippen LogP contribution in [0.2, 0.25) is 0 Å². The fourth-order valence-electron chi connectivity index (χ4n) is 9.59. The van der Waals surface area contributed by atoms with Crippen LogP contribution in [0.1, 0.15) is 44.5 Å². The van der Waals surface area contributed by atoms with Crippen molar-refractivity contribution in [1.29, 1.82) is 0 Å². The van der Waals surface area contributed by atoms with Crippen LogP contribution in [0.3, 0.4) is 0 Å². The molecular formula is C50H30O2S2. The Labute approximate surface area is 322 Å². The Kier molecular flexibility index (Phi) is 6.38. The second-order valence-corrected chi connectivity index (χ2v) is 16.5. The zero-order valence-electron chi connectivity index (χ0n) is 29.0. The van der Waals surface area contributed by atoms with Crippen LogP contribution in [-0.4, -0.2) is 0 Å². The van der Waals surface area contributed by atoms with Crippen molar-refractivity contribution in [3.63, 3.8) is 0 Å². The van der Waals surface area contributed by atoms with Crippen LogP contribution in [0.25, 0.3) is 11.1 Å². The summed E-state index contributed by atoms with van der Waals surface area (Å²) >= 11 is 3.76. The van der Waals surface area contributed by atoms with Crippen LogP contribution in [-0.2, 0) is 10.8 Å². The highest BCUT2D eigenvalue weighted by Crippen LogP contribution is 2.64. The van der Waals surface area contributed by atoms with Gasteiger partial charge >= 0.3 is 0 Å². The molecule has 2 nitrogen and oxygen atoms in total. The van der Waals surface area contributed by atoms with Gasteiger partial charge in [-0.2, -0.15) is 0 Å². The lowest BCUT2D eigenvalue weighted by Gasteiger charge is -2.46. The molecule has 0 amide bonds. The van der Waals surface area contributed by atoms with E-state index in [1.165, 1.54) is 47.4 Å². The van der Waals surface area contributed by atoms with E-state index in [9.17, 15) is 0 Å². The Morgan fingerprint density at radius 2 is 0.611 bits per heavy atom. The fraction of sp³-hybridized carbons (Fsp3) is 0.0400. The van der Waals surface area contributed by atoms with Crippen molar-refractivity contribution in [3.05, 3.63) is 226 Å². The van der Waals surface area contributed by atoms with Gasteiger partial charge in [0, 0.05) is 41.8 Å². The number of ether oxygens (including phenoxy) is 2. The standard InChI is InChI=1S/C50H30O2S2/c1-7-19-41-33(13-1)49(34-14-2-8-20-42(34)51-41)35-15-3-9-21-43(35)52-44-27-25-31(29-39(44)49)32-26-28-48-40(30-32)50(38-18-6-12-24-47(38)54-48)36-16-4-10-22-45(36)53-46-23-11-5-17-37(46)50/h1-30H. The molecule has 0 fully saturated rings. The number of hydrogen-bond acceptors (Lipinski definition) is 4. The lowest BCUT2D eigenvalue weighted by Crippen LogP contribution is -2.37. The van der Waals surface area contributed by atoms with E-state index in [4.69, 9.17) is 9.47 Å². The van der Waals surface area contributed by atoms with Gasteiger partial charge in [-0.1, -0.05) is 145 Å². The third kappa shape index (κ3) is 3.94. The summed E-state index contributed by atoms with van der Waals surface area (Å²) in [6.45, 7) is 0. The van der Waals surface area contributed by atoms with Crippen LogP contribution in [0, 0.1) is 0 Å². The SMILES string of the molecule is c1ccc2c(c1)Oc1ccccc1C21c2ccccc2Oc2ccc(-c3ccc4c(c3)C3(c5ccccc5Sc5ccccc53)c3ccccc3S4)cc21. The van der Waals surface area contributed by atoms with Gasteiger partial charge in [-0.25, -0.2) is 0 Å². The normalized spacial score (nSPS) is 15.5. The molecule has 0 saturated carbocycles. The highest BCUT2D eigenvalue weighted by Gasteiger charge is 2.51. The molecule has 0 saturated heterocycles. The van der Waals surface area contributed by atoms with Gasteiger partial charge in [-0.05, 0) is 94.0 Å². The van der Waals surface area contributed by atoms with Crippen LogP contribution < -0.4 is 9.47 Å². The quantitative estimate of drug-likeness (QED) is 0.168. The Hall–Kier alpha value is -5.94. The Bertz CT molecular complexity index is 2470. The van der Waals surface area contributed by atoms with Crippen molar-refractivity contribution in [2.24, 2.45) is 0 Å². The van der Waals surface area contributed by atoms with E-state index >= 15 is 0 Å². The van der Waals surface area contributed by atoms with Crippen LogP contribution >= 0.6 is 23.5 Å². The van der Waals surface area contributed by atoms with Gasteiger partial charge in [0.05, 0.1) is 10.8 Å². The minimum atomic E-state index is -0.645. The molecule has 0 aromatic heterocycles. The van der Waals surface area contributed by atoms with E-state index in [2.05, 4.69) is 182 Å². The van der Waals surface area contributed by atoms with E-state index < -0.39 is 10.8 Å². The van der Waals surface area contributed by atoms with Crippen molar-refractivity contribution in [1.82, 2.24) is 0 Å². The van der Waals surface area contributed by atoms with Gasteiger partial charge in [-0.15, -0.1) is 0 Å². The second kappa shape index (κ2) is 11.3. The van der Waals surface area contributed by atoms with E-state index in [1.807, 2.05) is 23.5 Å². The molecule has 254 valence electrons. The second-order valence-electron chi connectivity index (χ2n) is 14.3. The third-order valence-electron chi connectivity index (χ3n) is 11.7. The van der Waals surface area contributed by atoms with Crippen molar-refractivity contribution in [2.45, 2.75) is 30.4 Å². The van der Waals surface area contributed by atoms with E-state index in [-0.39, 0.29) is 0 Å². The van der Waals surface area contributed by atoms with Crippen LogP contribution in [0.4, 0.5) is 0 Å². The molecular weight excluding hydrogens is 697 g/mol. The zero-order chi connectivity index (χ0) is 35.4. The molecule has 8 aromatic carbocycles. The Morgan fingerprint density at radius 1 is 0.278 bits per heavy atom. The van der Waals surface area contributed by atoms with Gasteiger partial charge in [0.25, 0.3) is 0 Å². The molecule has 4 aliphatic heterocycles. The van der Waals surface area contributed by atoms with E-state index in [0.717, 1.165) is 50.8 Å². The van der Waals surface area contributed by atoms with Gasteiger partial charge in [-0.3, -0.25) is 0 Å². The molecule has 0 aliphatic carbocycles. The average Bonchev–Trinajstić information content (AvgIpc) is 3.23. The molecule has 2 spiro atoms. The van der Waals surface area contributed by atoms with Crippen molar-refractivity contribution < 1.29 is 9.47 Å². The first-order valence-electron chi connectivity index (χ1n) is 18.3. The average molecular weight is 727 g/mol. The first-order valence-corrected chi connectivity index (χ1v) is 20.0. The van der Waals surface area contributed by atoms with Gasteiger partial charge < -0.3 is 9.47 Å². The van der Waals surface area contributed by atoms with Gasteiger partial charge in [0.15, 0.2) is 0 Å². The molecule has 0 atom stereocenters. The zero-order valence-corrected chi connectivity index (χ0v) is 30.6. The molecule has 0 radical (unpaired) electrons. The molecule has 12 rings (SSSR count). The molecule has 4 aliphatic rings. The summed E-state index contributed by atoms with van der Waals surface area (Å²) in [6.07, 6.45) is 0. The van der Waals surface area contributed by atoms with E-state index in [1.54, 1.807) is 0 Å². The lowest BCUT2D eigenvalue weighted by molar-refractivity contribution is 0.399. The summed E-state index contributed by atoms with van der Waals surface area (Å²) in [5, 5.41) is 0. The highest BCUT2D eigenvalue weighted by atomic mass is 32.2. The molecule has 0 bridgehead atoms. The maximum absolute atomic E-state index is 6.78. The predicted molar refractivity (Wildman–Crippen MR) is 217 cm³/mol. The summed E-state index contributed by atoms with van der Waals surface area (Å²) in [4.78, 5) is 5.20. The third-order valence-corrected chi connectivity index (χ3v) is 14.0. The van der Waals surface area contributed by atoms with Crippen molar-refractivity contribution in [3.8, 4) is 34.1 Å². The first-order chi connectivity index (χ1) is 26.7. The number of hydrogen-bond donors (Lipinski definition) is 0. The van der Waals surface area contributed by atoms with Crippen molar-refractivity contribution >= 4 is 23.5 Å². The number of benzene rings is 8. The molecule has 4 heteroatoms. The van der Waals surface area contributed by atoms with Crippen LogP contribution in [0.5, 0.6) is 23.0 Å². The largest absolute Gasteiger partial charge is 0.457 e. The number of fused-ring (bicyclic) bond motifs is 16. The Balaban J connectivity index is 1.14. The number of para-hydroxylation sites is 3. The minimum absolute atomic E-state index is 0.471. The lowest BCUT2D eigenvalue weighted by atomic mass is 9.62. The summed E-state index contributed by atoms with van der Waals surface area (Å²) in [6, 6.07) is 66.4. The molecule has 0 unspecified atom stereocenters. The predicted octanol–water partition coefficient (Wildman–Crippen LogP) is 13.3. The summed E-state index contributed by atoms with van der Waals surface area (Å²) in [5.74, 6) is 3.45. The molecule has 4 heterocycles. The molecule has 0 N–H and O–H groups in total. The summed E-state index contributed by atoms with van der Waals surface area (Å²) < 4.78 is 13.4. The van der Waals surface area contributed by atoms with Gasteiger partial charge in [0.2, 0.25) is 0 Å². The van der Waals surface area contributed by atoms with E-state index in [0.29, 0.717) is 0 Å². The minimum Gasteiger partial charge on any atom is -0.457 e. The first kappa shape index (κ1) is 30.5. The topological polar surface area (TPSA) is 18.5 Å². The highest BCUT2D eigenvalue weighted by molar-refractivity contribution is 8.00. The van der Waals surface area contributed by atoms with Crippen molar-refractivity contribution in [2.75, 3.05) is 0 Å². The number of rotatable bonds is 1. The monoisotopic (exact) mass is 726 g/mol. The fourth-order valence-corrected chi connectivity index (χ4v) is 12.0. The smallest absolute Gasteiger partial charge is 0.132 e. The van der Waals surface area contributed by atoms with Gasteiger partial charge in [0.1, 0.15) is 23.0 Å². The summed E-state index contributed by atoms with van der Waals surface area (Å²) in [5.41, 5.74) is 11.0. The molecule has 8 aromatic rings. The maximum atomic E-state index is 6.78. The maximum Gasteiger partial charge on any atom is 0.132 e. The molecule has 54 heavy (non-hydrogen) atoms. The summed E-state index contributed by atoms with van der Waals surface area (Å²) in [7, 11) is 0.